The summed E-state index contributed by atoms with van der Waals surface area (Å²) >= 11 is 6.08. The van der Waals surface area contributed by atoms with Crippen LogP contribution in [0.25, 0.3) is 0 Å². The molecular weight excluding hydrogens is 292 g/mol. The van der Waals surface area contributed by atoms with Crippen molar-refractivity contribution in [1.82, 2.24) is 0 Å². The maximum Gasteiger partial charge on any atom is 0.0445 e. The van der Waals surface area contributed by atoms with Crippen molar-refractivity contribution in [3.63, 3.8) is 0 Å². The van der Waals surface area contributed by atoms with Gasteiger partial charge in [-0.2, -0.15) is 0 Å². The molecule has 0 aliphatic heterocycles. The van der Waals surface area contributed by atoms with Gasteiger partial charge in [0.05, 0.1) is 0 Å². The van der Waals surface area contributed by atoms with Gasteiger partial charge in [-0.25, -0.2) is 0 Å². The third kappa shape index (κ3) is 18.3. The van der Waals surface area contributed by atoms with Crippen molar-refractivity contribution in [1.29, 1.82) is 0 Å². The molecule has 0 aliphatic rings. The van der Waals surface area contributed by atoms with Crippen LogP contribution in [-0.4, -0.2) is 17.1 Å². The molecule has 0 spiro atoms. The second kappa shape index (κ2) is 19.3. The quantitative estimate of drug-likeness (QED) is 0.207. The molecule has 1 N–H and O–H groups in total. The number of alkyl halides is 1. The molecule has 22 heavy (non-hydrogen) atoms. The molecule has 1 unspecified atom stereocenters. The zero-order chi connectivity index (χ0) is 16.3. The minimum absolute atomic E-state index is 0.187. The van der Waals surface area contributed by atoms with E-state index in [4.69, 9.17) is 16.7 Å². The number of aliphatic hydroxyl groups excluding tert-OH is 1. The lowest BCUT2D eigenvalue weighted by atomic mass is 10.0. The molecule has 0 amide bonds. The molecule has 0 rings (SSSR count). The van der Waals surface area contributed by atoms with Crippen LogP contribution in [0.5, 0.6) is 0 Å². The van der Waals surface area contributed by atoms with Gasteiger partial charge in [0.15, 0.2) is 0 Å². The summed E-state index contributed by atoms with van der Waals surface area (Å²) < 4.78 is 0. The highest BCUT2D eigenvalue weighted by molar-refractivity contribution is 6.20. The van der Waals surface area contributed by atoms with E-state index >= 15 is 0 Å². The maximum atomic E-state index is 8.78. The fourth-order valence-electron chi connectivity index (χ4n) is 3.02. The SMILES string of the molecule is CCCCCCCCCCCCCCCCCC(Cl)CCO. The summed E-state index contributed by atoms with van der Waals surface area (Å²) in [7, 11) is 0. The summed E-state index contributed by atoms with van der Waals surface area (Å²) in [4.78, 5) is 0. The van der Waals surface area contributed by atoms with Gasteiger partial charge in [0.1, 0.15) is 0 Å². The Morgan fingerprint density at radius 2 is 0.955 bits per heavy atom. The van der Waals surface area contributed by atoms with Crippen molar-refractivity contribution in [2.75, 3.05) is 6.61 Å². The second-order valence-corrected chi connectivity index (χ2v) is 7.47. The molecule has 134 valence electrons. The predicted molar refractivity (Wildman–Crippen MR) is 101 cm³/mol. The summed E-state index contributed by atoms with van der Waals surface area (Å²) in [5.41, 5.74) is 0. The van der Waals surface area contributed by atoms with E-state index in [9.17, 15) is 0 Å². The molecule has 0 heterocycles. The van der Waals surface area contributed by atoms with E-state index in [1.807, 2.05) is 0 Å². The fraction of sp³-hybridized carbons (Fsp3) is 1.00. The average molecular weight is 333 g/mol. The molecule has 1 nitrogen and oxygen atoms in total. The van der Waals surface area contributed by atoms with Crippen LogP contribution < -0.4 is 0 Å². The van der Waals surface area contributed by atoms with E-state index in [1.165, 1.54) is 96.3 Å². The Hall–Kier alpha value is 0.250. The summed E-state index contributed by atoms with van der Waals surface area (Å²) in [6.45, 7) is 2.51. The number of unbranched alkanes of at least 4 members (excludes halogenated alkanes) is 14. The van der Waals surface area contributed by atoms with Crippen LogP contribution in [0.4, 0.5) is 0 Å². The standard InChI is InChI=1S/C20H41ClO/c1-2-3-4-5-6-7-8-9-10-11-12-13-14-15-16-17-20(21)18-19-22/h20,22H,2-19H2,1H3. The molecule has 0 aromatic rings. The Kier molecular flexibility index (Phi) is 19.5. The van der Waals surface area contributed by atoms with Crippen molar-refractivity contribution in [2.24, 2.45) is 0 Å². The molecule has 0 aliphatic carbocycles. The van der Waals surface area contributed by atoms with Crippen molar-refractivity contribution < 1.29 is 5.11 Å². The second-order valence-electron chi connectivity index (χ2n) is 6.85. The molecule has 0 radical (unpaired) electrons. The predicted octanol–water partition coefficient (Wildman–Crippen LogP) is 7.24. The maximum absolute atomic E-state index is 8.78. The minimum atomic E-state index is 0.187. The Morgan fingerprint density at radius 3 is 1.32 bits per heavy atom. The van der Waals surface area contributed by atoms with Gasteiger partial charge in [0, 0.05) is 12.0 Å². The number of hydrogen-bond donors (Lipinski definition) is 1. The monoisotopic (exact) mass is 332 g/mol. The van der Waals surface area contributed by atoms with E-state index in [1.54, 1.807) is 0 Å². The number of hydrogen-bond acceptors (Lipinski definition) is 1. The highest BCUT2D eigenvalue weighted by Crippen LogP contribution is 2.15. The smallest absolute Gasteiger partial charge is 0.0445 e. The van der Waals surface area contributed by atoms with Gasteiger partial charge in [0.2, 0.25) is 0 Å². The first-order valence-corrected chi connectivity index (χ1v) is 10.5. The fourth-order valence-corrected chi connectivity index (χ4v) is 3.27. The van der Waals surface area contributed by atoms with E-state index in [0.717, 1.165) is 12.8 Å². The van der Waals surface area contributed by atoms with Gasteiger partial charge in [0.25, 0.3) is 0 Å². The van der Waals surface area contributed by atoms with Gasteiger partial charge >= 0.3 is 0 Å². The van der Waals surface area contributed by atoms with E-state index in [-0.39, 0.29) is 12.0 Å². The summed E-state index contributed by atoms with van der Waals surface area (Å²) in [5, 5.41) is 8.96. The first-order chi connectivity index (χ1) is 10.8. The van der Waals surface area contributed by atoms with Crippen molar-refractivity contribution in [3.8, 4) is 0 Å². The van der Waals surface area contributed by atoms with E-state index < -0.39 is 0 Å². The number of aliphatic hydroxyl groups is 1. The Labute approximate surface area is 145 Å². The molecule has 0 fully saturated rings. The molecule has 1 atom stereocenters. The average Bonchev–Trinajstić information content (AvgIpc) is 2.51. The van der Waals surface area contributed by atoms with Crippen LogP contribution >= 0.6 is 11.6 Å². The first-order valence-electron chi connectivity index (χ1n) is 10.1. The Bertz CT molecular complexity index is 196. The molecule has 0 aromatic carbocycles. The highest BCUT2D eigenvalue weighted by Gasteiger charge is 2.02. The third-order valence-corrected chi connectivity index (χ3v) is 5.00. The summed E-state index contributed by atoms with van der Waals surface area (Å²) in [6.07, 6.45) is 22.9. The zero-order valence-corrected chi connectivity index (χ0v) is 15.9. The van der Waals surface area contributed by atoms with Crippen LogP contribution in [-0.2, 0) is 0 Å². The van der Waals surface area contributed by atoms with Crippen LogP contribution in [0.2, 0.25) is 0 Å². The largest absolute Gasteiger partial charge is 0.396 e. The Balaban J connectivity index is 3.00. The molecular formula is C20H41ClO. The summed E-state index contributed by atoms with van der Waals surface area (Å²) in [5.74, 6) is 0. The van der Waals surface area contributed by atoms with Gasteiger partial charge < -0.3 is 5.11 Å². The number of rotatable bonds is 18. The zero-order valence-electron chi connectivity index (χ0n) is 15.1. The van der Waals surface area contributed by atoms with Crippen LogP contribution in [0.15, 0.2) is 0 Å². The van der Waals surface area contributed by atoms with Crippen molar-refractivity contribution >= 4 is 11.6 Å². The van der Waals surface area contributed by atoms with E-state index in [0.29, 0.717) is 0 Å². The van der Waals surface area contributed by atoms with Gasteiger partial charge in [-0.05, 0) is 12.8 Å². The first kappa shape index (κ1) is 22.2. The van der Waals surface area contributed by atoms with Gasteiger partial charge in [-0.3, -0.25) is 0 Å². The molecule has 0 bridgehead atoms. The third-order valence-electron chi connectivity index (χ3n) is 4.56. The summed E-state index contributed by atoms with van der Waals surface area (Å²) in [6, 6.07) is 0. The lowest BCUT2D eigenvalue weighted by Crippen LogP contribution is -2.01. The number of halogens is 1. The van der Waals surface area contributed by atoms with Crippen LogP contribution in [0.1, 0.15) is 116 Å². The minimum Gasteiger partial charge on any atom is -0.396 e. The van der Waals surface area contributed by atoms with Crippen molar-refractivity contribution in [3.05, 3.63) is 0 Å². The lowest BCUT2D eigenvalue weighted by molar-refractivity contribution is 0.283. The normalized spacial score (nSPS) is 12.7. The lowest BCUT2D eigenvalue weighted by Gasteiger charge is -2.07. The van der Waals surface area contributed by atoms with Gasteiger partial charge in [-0.15, -0.1) is 11.6 Å². The molecule has 0 saturated heterocycles. The Morgan fingerprint density at radius 1 is 0.591 bits per heavy atom. The molecule has 0 saturated carbocycles. The highest BCUT2D eigenvalue weighted by atomic mass is 35.5. The van der Waals surface area contributed by atoms with E-state index in [2.05, 4.69) is 6.92 Å². The van der Waals surface area contributed by atoms with Gasteiger partial charge in [-0.1, -0.05) is 103 Å². The van der Waals surface area contributed by atoms with Crippen LogP contribution in [0.3, 0.4) is 0 Å². The molecule has 2 heteroatoms. The topological polar surface area (TPSA) is 20.2 Å². The molecule has 0 aromatic heterocycles. The van der Waals surface area contributed by atoms with Crippen molar-refractivity contribution in [2.45, 2.75) is 121 Å². The van der Waals surface area contributed by atoms with Crippen LogP contribution in [0, 0.1) is 0 Å².